The molecule has 0 atom stereocenters. The standard InChI is InChI=1S/C20H24BrFN4O2/c1-20(2,3)28-19(27)25-8-6-12(7-9-25)16-17(21)26-15(24-16)5-4-13-10-14(22)11-23-18(13)26/h10-12H,4-9H2,1-3H3. The minimum atomic E-state index is -0.486. The van der Waals surface area contributed by atoms with Crippen LogP contribution >= 0.6 is 15.9 Å². The Morgan fingerprint density at radius 2 is 2.00 bits per heavy atom. The number of hydrogen-bond acceptors (Lipinski definition) is 4. The van der Waals surface area contributed by atoms with Gasteiger partial charge < -0.3 is 9.64 Å². The predicted molar refractivity (Wildman–Crippen MR) is 106 cm³/mol. The number of nitrogens with zero attached hydrogens (tertiary/aromatic N) is 4. The average Bonchev–Trinajstić information content (AvgIpc) is 2.97. The zero-order valence-electron chi connectivity index (χ0n) is 16.3. The first kappa shape index (κ1) is 19.4. The third kappa shape index (κ3) is 3.66. The van der Waals surface area contributed by atoms with E-state index in [1.165, 1.54) is 6.20 Å². The van der Waals surface area contributed by atoms with Crippen LogP contribution in [0.25, 0.3) is 5.82 Å². The zero-order valence-corrected chi connectivity index (χ0v) is 17.9. The van der Waals surface area contributed by atoms with Gasteiger partial charge >= 0.3 is 6.09 Å². The first-order chi connectivity index (χ1) is 13.2. The van der Waals surface area contributed by atoms with E-state index in [-0.39, 0.29) is 17.8 Å². The Balaban J connectivity index is 1.52. The molecule has 2 aliphatic heterocycles. The highest BCUT2D eigenvalue weighted by Gasteiger charge is 2.32. The molecule has 6 nitrogen and oxygen atoms in total. The number of imidazole rings is 1. The maximum absolute atomic E-state index is 13.5. The number of fused-ring (bicyclic) bond motifs is 3. The number of carbonyl (C=O) groups excluding carboxylic acids is 1. The minimum absolute atomic E-state index is 0.255. The Kier molecular flexibility index (Phi) is 4.93. The molecule has 150 valence electrons. The van der Waals surface area contributed by atoms with E-state index in [9.17, 15) is 9.18 Å². The fourth-order valence-electron chi connectivity index (χ4n) is 3.87. The van der Waals surface area contributed by atoms with Crippen molar-refractivity contribution in [3.63, 3.8) is 0 Å². The number of ether oxygens (including phenoxy) is 1. The number of aromatic nitrogens is 3. The summed E-state index contributed by atoms with van der Waals surface area (Å²) in [6.07, 6.45) is 4.15. The minimum Gasteiger partial charge on any atom is -0.444 e. The Morgan fingerprint density at radius 3 is 2.68 bits per heavy atom. The molecule has 0 spiro atoms. The average molecular weight is 451 g/mol. The van der Waals surface area contributed by atoms with Gasteiger partial charge in [0.25, 0.3) is 0 Å². The quantitative estimate of drug-likeness (QED) is 0.646. The summed E-state index contributed by atoms with van der Waals surface area (Å²) in [4.78, 5) is 23.2. The lowest BCUT2D eigenvalue weighted by Gasteiger charge is -2.33. The van der Waals surface area contributed by atoms with Gasteiger partial charge in [-0.25, -0.2) is 19.2 Å². The van der Waals surface area contributed by atoms with E-state index in [1.807, 2.05) is 25.3 Å². The third-order valence-electron chi connectivity index (χ3n) is 5.19. The van der Waals surface area contributed by atoms with Gasteiger partial charge in [0, 0.05) is 25.4 Å². The highest BCUT2D eigenvalue weighted by molar-refractivity contribution is 9.10. The lowest BCUT2D eigenvalue weighted by atomic mass is 9.94. The number of hydrogen-bond donors (Lipinski definition) is 0. The second-order valence-corrected chi connectivity index (χ2v) is 9.17. The van der Waals surface area contributed by atoms with Gasteiger partial charge in [-0.05, 0) is 67.6 Å². The van der Waals surface area contributed by atoms with Crippen molar-refractivity contribution < 1.29 is 13.9 Å². The summed E-state index contributed by atoms with van der Waals surface area (Å²) in [5.74, 6) is 1.64. The first-order valence-corrected chi connectivity index (χ1v) is 10.4. The first-order valence-electron chi connectivity index (χ1n) is 9.62. The molecule has 0 N–H and O–H groups in total. The SMILES string of the molecule is CC(C)(C)OC(=O)N1CCC(c2nc3n(c2Br)-c2ncc(F)cc2CC3)CC1. The summed E-state index contributed by atoms with van der Waals surface area (Å²) in [5.41, 5.74) is 1.41. The van der Waals surface area contributed by atoms with Crippen LogP contribution < -0.4 is 0 Å². The summed E-state index contributed by atoms with van der Waals surface area (Å²) in [6.45, 7) is 6.93. The van der Waals surface area contributed by atoms with Gasteiger partial charge in [-0.2, -0.15) is 0 Å². The van der Waals surface area contributed by atoms with Crippen LogP contribution in [0.3, 0.4) is 0 Å². The van der Waals surface area contributed by atoms with Crippen LogP contribution in [0.15, 0.2) is 16.9 Å². The van der Waals surface area contributed by atoms with Crippen molar-refractivity contribution in [1.29, 1.82) is 0 Å². The number of amides is 1. The summed E-state index contributed by atoms with van der Waals surface area (Å²) < 4.78 is 21.9. The van der Waals surface area contributed by atoms with E-state index in [2.05, 4.69) is 20.9 Å². The molecule has 1 fully saturated rings. The van der Waals surface area contributed by atoms with Gasteiger partial charge in [0.15, 0.2) is 0 Å². The van der Waals surface area contributed by atoms with Crippen LogP contribution in [0.5, 0.6) is 0 Å². The topological polar surface area (TPSA) is 60.2 Å². The van der Waals surface area contributed by atoms with E-state index < -0.39 is 5.60 Å². The van der Waals surface area contributed by atoms with Gasteiger partial charge in [0.1, 0.15) is 27.7 Å². The Hall–Kier alpha value is -1.96. The lowest BCUT2D eigenvalue weighted by molar-refractivity contribution is 0.0204. The van der Waals surface area contributed by atoms with Crippen molar-refractivity contribution in [1.82, 2.24) is 19.4 Å². The second kappa shape index (κ2) is 7.13. The third-order valence-corrected chi connectivity index (χ3v) is 5.95. The molecule has 4 rings (SSSR count). The second-order valence-electron chi connectivity index (χ2n) is 8.42. The van der Waals surface area contributed by atoms with Crippen LogP contribution in [-0.2, 0) is 17.6 Å². The Labute approximate surface area is 172 Å². The van der Waals surface area contributed by atoms with E-state index in [4.69, 9.17) is 9.72 Å². The van der Waals surface area contributed by atoms with Crippen LogP contribution in [0.4, 0.5) is 9.18 Å². The largest absolute Gasteiger partial charge is 0.444 e. The summed E-state index contributed by atoms with van der Waals surface area (Å²) in [7, 11) is 0. The molecule has 0 aromatic carbocycles. The molecule has 0 unspecified atom stereocenters. The van der Waals surface area contributed by atoms with Crippen LogP contribution in [0, 0.1) is 5.82 Å². The number of likely N-dealkylation sites (tertiary alicyclic amines) is 1. The molecule has 0 aliphatic carbocycles. The molecule has 1 saturated heterocycles. The number of rotatable bonds is 1. The fraction of sp³-hybridized carbons (Fsp3) is 0.550. The maximum atomic E-state index is 13.5. The molecule has 8 heteroatoms. The molecule has 0 radical (unpaired) electrons. The van der Waals surface area contributed by atoms with E-state index >= 15 is 0 Å². The van der Waals surface area contributed by atoms with Crippen LogP contribution in [0.2, 0.25) is 0 Å². The normalized spacial score (nSPS) is 17.2. The maximum Gasteiger partial charge on any atom is 0.410 e. The van der Waals surface area contributed by atoms with Crippen molar-refractivity contribution in [2.75, 3.05) is 13.1 Å². The lowest BCUT2D eigenvalue weighted by Crippen LogP contribution is -2.41. The molecule has 0 bridgehead atoms. The number of carbonyl (C=O) groups is 1. The van der Waals surface area contributed by atoms with Crippen LogP contribution in [-0.4, -0.2) is 44.2 Å². The van der Waals surface area contributed by atoms with Crippen molar-refractivity contribution in [2.24, 2.45) is 0 Å². The highest BCUT2D eigenvalue weighted by atomic mass is 79.9. The molecule has 2 aliphatic rings. The highest BCUT2D eigenvalue weighted by Crippen LogP contribution is 2.37. The van der Waals surface area contributed by atoms with Crippen molar-refractivity contribution >= 4 is 22.0 Å². The molecule has 28 heavy (non-hydrogen) atoms. The number of pyridine rings is 1. The van der Waals surface area contributed by atoms with Gasteiger partial charge in [-0.1, -0.05) is 0 Å². The van der Waals surface area contributed by atoms with E-state index in [0.29, 0.717) is 13.1 Å². The molecule has 2 aromatic heterocycles. The number of halogens is 2. The zero-order chi connectivity index (χ0) is 20.1. The Bertz CT molecular complexity index is 914. The van der Waals surface area contributed by atoms with E-state index in [0.717, 1.165) is 53.2 Å². The summed E-state index contributed by atoms with van der Waals surface area (Å²) in [5, 5.41) is 0. The molecular formula is C20H24BrFN4O2. The smallest absolute Gasteiger partial charge is 0.410 e. The van der Waals surface area contributed by atoms with Gasteiger partial charge in [-0.3, -0.25) is 4.57 Å². The van der Waals surface area contributed by atoms with Gasteiger partial charge in [0.05, 0.1) is 11.9 Å². The van der Waals surface area contributed by atoms with Gasteiger partial charge in [-0.15, -0.1) is 0 Å². The van der Waals surface area contributed by atoms with Crippen molar-refractivity contribution in [2.45, 2.75) is 58.0 Å². The molecule has 0 saturated carbocycles. The molecule has 4 heterocycles. The molecule has 1 amide bonds. The monoisotopic (exact) mass is 450 g/mol. The molecular weight excluding hydrogens is 427 g/mol. The Morgan fingerprint density at radius 1 is 1.29 bits per heavy atom. The number of aryl methyl sites for hydroxylation is 2. The number of piperidine rings is 1. The van der Waals surface area contributed by atoms with Crippen molar-refractivity contribution in [3.8, 4) is 5.82 Å². The summed E-state index contributed by atoms with van der Waals surface area (Å²) in [6, 6.07) is 1.55. The van der Waals surface area contributed by atoms with Gasteiger partial charge in [0.2, 0.25) is 0 Å². The van der Waals surface area contributed by atoms with Crippen molar-refractivity contribution in [3.05, 3.63) is 39.8 Å². The van der Waals surface area contributed by atoms with Crippen LogP contribution in [0.1, 0.15) is 56.6 Å². The summed E-state index contributed by atoms with van der Waals surface area (Å²) >= 11 is 3.71. The fourth-order valence-corrected chi connectivity index (χ4v) is 4.66. The van der Waals surface area contributed by atoms with E-state index in [1.54, 1.807) is 11.0 Å². The predicted octanol–water partition coefficient (Wildman–Crippen LogP) is 4.38. The molecule has 2 aromatic rings.